The summed E-state index contributed by atoms with van der Waals surface area (Å²) in [6.07, 6.45) is 4.34. The molecule has 0 bridgehead atoms. The molecule has 1 saturated heterocycles. The lowest BCUT2D eigenvalue weighted by Gasteiger charge is -2.40. The Hall–Kier alpha value is -3.41. The first kappa shape index (κ1) is 18.9. The van der Waals surface area contributed by atoms with E-state index in [0.717, 1.165) is 23.2 Å². The minimum atomic E-state index is -0.886. The second-order valence-corrected chi connectivity index (χ2v) is 7.60. The molecule has 1 spiro atoms. The van der Waals surface area contributed by atoms with Crippen LogP contribution in [0.25, 0.3) is 0 Å². The van der Waals surface area contributed by atoms with Crippen LogP contribution in [0.3, 0.4) is 0 Å². The van der Waals surface area contributed by atoms with Crippen LogP contribution >= 0.6 is 0 Å². The maximum atomic E-state index is 12.9. The number of nitrogens with zero attached hydrogens (tertiary/aromatic N) is 1. The van der Waals surface area contributed by atoms with Gasteiger partial charge in [0.1, 0.15) is 5.54 Å². The van der Waals surface area contributed by atoms with Crippen LogP contribution in [0.1, 0.15) is 24.0 Å². The van der Waals surface area contributed by atoms with Gasteiger partial charge in [0.15, 0.2) is 0 Å². The van der Waals surface area contributed by atoms with E-state index in [1.807, 2.05) is 55.5 Å². The summed E-state index contributed by atoms with van der Waals surface area (Å²) in [6, 6.07) is 15.1. The normalized spacial score (nSPS) is 20.6. The molecular weight excluding hydrogens is 366 g/mol. The molecule has 1 unspecified atom stereocenters. The average molecular weight is 389 g/mol. The van der Waals surface area contributed by atoms with Gasteiger partial charge in [-0.15, -0.1) is 0 Å². The van der Waals surface area contributed by atoms with E-state index in [2.05, 4.69) is 10.6 Å². The van der Waals surface area contributed by atoms with Gasteiger partial charge in [0.2, 0.25) is 11.8 Å². The predicted molar refractivity (Wildman–Crippen MR) is 111 cm³/mol. The molecule has 2 aromatic carbocycles. The second-order valence-electron chi connectivity index (χ2n) is 7.60. The molecule has 0 radical (unpaired) electrons. The topological polar surface area (TPSA) is 78.5 Å². The number of carbonyl (C=O) groups is 3. The van der Waals surface area contributed by atoms with Crippen LogP contribution in [0, 0.1) is 6.92 Å². The molecule has 2 N–H and O–H groups in total. The Morgan fingerprint density at radius 2 is 1.86 bits per heavy atom. The highest BCUT2D eigenvalue weighted by Gasteiger charge is 2.51. The van der Waals surface area contributed by atoms with E-state index >= 15 is 0 Å². The highest BCUT2D eigenvalue weighted by molar-refractivity contribution is 6.07. The predicted octanol–water partition coefficient (Wildman–Crippen LogP) is 3.05. The minimum absolute atomic E-state index is 0.153. The lowest BCUT2D eigenvalue weighted by Crippen LogP contribution is -2.58. The first-order valence-electron chi connectivity index (χ1n) is 9.75. The van der Waals surface area contributed by atoms with Gasteiger partial charge in [0.25, 0.3) is 5.91 Å². The highest BCUT2D eigenvalue weighted by atomic mass is 16.2. The Morgan fingerprint density at radius 3 is 2.66 bits per heavy atom. The van der Waals surface area contributed by atoms with Crippen molar-refractivity contribution in [3.05, 3.63) is 71.8 Å². The fourth-order valence-corrected chi connectivity index (χ4v) is 4.11. The molecule has 6 heteroatoms. The molecule has 29 heavy (non-hydrogen) atoms. The Morgan fingerprint density at radius 1 is 1.10 bits per heavy atom. The summed E-state index contributed by atoms with van der Waals surface area (Å²) in [7, 11) is 0. The number of nitrogens with one attached hydrogen (secondary N) is 2. The summed E-state index contributed by atoms with van der Waals surface area (Å²) in [5.74, 6) is -0.857. The van der Waals surface area contributed by atoms with Crippen LogP contribution in [0.4, 0.5) is 11.4 Å². The van der Waals surface area contributed by atoms with Crippen molar-refractivity contribution in [1.82, 2.24) is 4.90 Å². The van der Waals surface area contributed by atoms with E-state index in [9.17, 15) is 14.4 Å². The van der Waals surface area contributed by atoms with Gasteiger partial charge in [-0.25, -0.2) is 0 Å². The van der Waals surface area contributed by atoms with Crippen molar-refractivity contribution in [2.45, 2.75) is 31.7 Å². The van der Waals surface area contributed by atoms with E-state index in [1.165, 1.54) is 12.2 Å². The molecule has 6 nitrogen and oxygen atoms in total. The molecule has 3 amide bonds. The molecular formula is C23H23N3O3. The zero-order valence-corrected chi connectivity index (χ0v) is 16.3. The zero-order valence-electron chi connectivity index (χ0n) is 16.3. The lowest BCUT2D eigenvalue weighted by atomic mass is 9.83. The van der Waals surface area contributed by atoms with Gasteiger partial charge in [-0.3, -0.25) is 14.4 Å². The van der Waals surface area contributed by atoms with Crippen LogP contribution in [-0.4, -0.2) is 34.7 Å². The quantitative estimate of drug-likeness (QED) is 0.792. The Bertz CT molecular complexity index is 997. The fourth-order valence-electron chi connectivity index (χ4n) is 4.11. The third-order valence-corrected chi connectivity index (χ3v) is 5.62. The zero-order chi connectivity index (χ0) is 20.4. The van der Waals surface area contributed by atoms with Gasteiger partial charge in [0.05, 0.1) is 0 Å². The number of fused-ring (bicyclic) bond motifs is 1. The molecule has 1 atom stereocenters. The monoisotopic (exact) mass is 389 g/mol. The third-order valence-electron chi connectivity index (χ3n) is 5.62. The number of hydrogen-bond acceptors (Lipinski definition) is 3. The van der Waals surface area contributed by atoms with Crippen molar-refractivity contribution in [2.24, 2.45) is 0 Å². The molecule has 1 fully saturated rings. The number of amides is 3. The Kier molecular flexibility index (Phi) is 4.92. The third kappa shape index (κ3) is 3.66. The van der Waals surface area contributed by atoms with Crippen molar-refractivity contribution in [2.75, 3.05) is 17.2 Å². The molecule has 4 rings (SSSR count). The van der Waals surface area contributed by atoms with E-state index in [0.29, 0.717) is 25.1 Å². The van der Waals surface area contributed by atoms with Gasteiger partial charge in [-0.1, -0.05) is 35.9 Å². The number of aryl methyl sites for hydroxylation is 1. The fraction of sp³-hybridized carbons (Fsp3) is 0.261. The molecule has 0 aliphatic carbocycles. The van der Waals surface area contributed by atoms with Crippen molar-refractivity contribution in [1.29, 1.82) is 0 Å². The lowest BCUT2D eigenvalue weighted by molar-refractivity contribution is -0.139. The summed E-state index contributed by atoms with van der Waals surface area (Å²) < 4.78 is 0. The van der Waals surface area contributed by atoms with Crippen LogP contribution in [0.5, 0.6) is 0 Å². The van der Waals surface area contributed by atoms with E-state index in [-0.39, 0.29) is 17.7 Å². The maximum Gasteiger partial charge on any atom is 0.250 e. The molecule has 2 aromatic rings. The van der Waals surface area contributed by atoms with E-state index in [4.69, 9.17) is 0 Å². The smallest absolute Gasteiger partial charge is 0.250 e. The second kappa shape index (κ2) is 7.54. The number of likely N-dealkylation sites (tertiary alicyclic amines) is 1. The Labute approximate surface area is 169 Å². The minimum Gasteiger partial charge on any atom is -0.324 e. The number of anilines is 2. The molecule has 148 valence electrons. The summed E-state index contributed by atoms with van der Waals surface area (Å²) in [5, 5.41) is 5.68. The van der Waals surface area contributed by atoms with E-state index in [1.54, 1.807) is 4.90 Å². The number of rotatable bonds is 3. The van der Waals surface area contributed by atoms with Gasteiger partial charge in [0, 0.05) is 36.5 Å². The largest absolute Gasteiger partial charge is 0.324 e. The molecule has 0 saturated carbocycles. The van der Waals surface area contributed by atoms with Crippen molar-refractivity contribution < 1.29 is 14.4 Å². The SMILES string of the molecule is Cc1ccc(NC(=O)/C=C/C(=O)N2CCCC23Cc2ccccc2NC3=O)cc1. The van der Waals surface area contributed by atoms with Gasteiger partial charge in [-0.05, 0) is 43.5 Å². The molecule has 2 aliphatic heterocycles. The van der Waals surface area contributed by atoms with Gasteiger partial charge < -0.3 is 15.5 Å². The number of hydrogen-bond donors (Lipinski definition) is 2. The van der Waals surface area contributed by atoms with Crippen molar-refractivity contribution >= 4 is 29.1 Å². The average Bonchev–Trinajstić information content (AvgIpc) is 3.13. The number of carbonyl (C=O) groups excluding carboxylic acids is 3. The van der Waals surface area contributed by atoms with Crippen LogP contribution < -0.4 is 10.6 Å². The number of benzene rings is 2. The van der Waals surface area contributed by atoms with Gasteiger partial charge in [-0.2, -0.15) is 0 Å². The Balaban J connectivity index is 1.48. The molecule has 2 heterocycles. The van der Waals surface area contributed by atoms with Crippen LogP contribution in [0.15, 0.2) is 60.7 Å². The van der Waals surface area contributed by atoms with Crippen molar-refractivity contribution in [3.63, 3.8) is 0 Å². The highest BCUT2D eigenvalue weighted by Crippen LogP contribution is 2.39. The van der Waals surface area contributed by atoms with Crippen LogP contribution in [-0.2, 0) is 20.8 Å². The van der Waals surface area contributed by atoms with E-state index < -0.39 is 5.54 Å². The number of para-hydroxylation sites is 1. The van der Waals surface area contributed by atoms with Crippen molar-refractivity contribution in [3.8, 4) is 0 Å². The summed E-state index contributed by atoms with van der Waals surface area (Å²) >= 11 is 0. The molecule has 0 aromatic heterocycles. The first-order chi connectivity index (χ1) is 14.0. The summed E-state index contributed by atoms with van der Waals surface area (Å²) in [6.45, 7) is 2.47. The maximum absolute atomic E-state index is 12.9. The van der Waals surface area contributed by atoms with Gasteiger partial charge >= 0.3 is 0 Å². The summed E-state index contributed by atoms with van der Waals surface area (Å²) in [4.78, 5) is 39.5. The van der Waals surface area contributed by atoms with Crippen LogP contribution in [0.2, 0.25) is 0 Å². The first-order valence-corrected chi connectivity index (χ1v) is 9.75. The molecule has 2 aliphatic rings. The standard InChI is InChI=1S/C23H23N3O3/c1-16-7-9-18(10-8-16)24-20(27)11-12-21(28)26-14-4-13-23(26)15-17-5-2-3-6-19(17)25-22(23)29/h2-3,5-12H,4,13-15H2,1H3,(H,24,27)(H,25,29)/b12-11+. The summed E-state index contributed by atoms with van der Waals surface area (Å²) in [5.41, 5.74) is 2.70.